The maximum absolute atomic E-state index is 11.3. The highest BCUT2D eigenvalue weighted by molar-refractivity contribution is 5.75. The molecular weight excluding hydrogens is 190 g/mol. The van der Waals surface area contributed by atoms with E-state index in [9.17, 15) is 4.79 Å². The van der Waals surface area contributed by atoms with Crippen molar-refractivity contribution in [3.63, 3.8) is 0 Å². The van der Waals surface area contributed by atoms with E-state index in [0.29, 0.717) is 12.5 Å². The first-order chi connectivity index (χ1) is 7.29. The van der Waals surface area contributed by atoms with Gasteiger partial charge >= 0.3 is 0 Å². The van der Waals surface area contributed by atoms with Gasteiger partial charge in [-0.1, -0.05) is 0 Å². The molecule has 4 nitrogen and oxygen atoms in total. The average Bonchev–Trinajstić information content (AvgIpc) is 2.74. The van der Waals surface area contributed by atoms with Crippen molar-refractivity contribution in [2.24, 2.45) is 5.92 Å². The maximum Gasteiger partial charge on any atom is 0.221 e. The van der Waals surface area contributed by atoms with Crippen molar-refractivity contribution in [3.05, 3.63) is 0 Å². The Labute approximate surface area is 91.4 Å². The number of amides is 1. The maximum atomic E-state index is 11.3. The third kappa shape index (κ3) is 2.69. The lowest BCUT2D eigenvalue weighted by atomic mass is 10.1. The van der Waals surface area contributed by atoms with Crippen LogP contribution in [0, 0.1) is 5.92 Å². The molecule has 2 rings (SSSR count). The van der Waals surface area contributed by atoms with Gasteiger partial charge in [0, 0.05) is 38.6 Å². The Bertz CT molecular complexity index is 220. The number of carbonyl (C=O) groups excluding carboxylic acids is 1. The van der Waals surface area contributed by atoms with Crippen LogP contribution in [0.2, 0.25) is 0 Å². The zero-order chi connectivity index (χ0) is 10.7. The number of carbonyl (C=O) groups is 1. The molecule has 2 aliphatic heterocycles. The van der Waals surface area contributed by atoms with E-state index in [1.54, 1.807) is 0 Å². The van der Waals surface area contributed by atoms with Gasteiger partial charge in [0.15, 0.2) is 0 Å². The topological polar surface area (TPSA) is 44.4 Å². The summed E-state index contributed by atoms with van der Waals surface area (Å²) in [5.74, 6) is 1.02. The summed E-state index contributed by atoms with van der Waals surface area (Å²) in [7, 11) is 0. The molecule has 0 saturated carbocycles. The van der Waals surface area contributed by atoms with Crippen LogP contribution in [-0.4, -0.2) is 49.6 Å². The van der Waals surface area contributed by atoms with Crippen molar-refractivity contribution in [3.8, 4) is 0 Å². The first kappa shape index (κ1) is 10.9. The summed E-state index contributed by atoms with van der Waals surface area (Å²) in [6.07, 6.45) is 1.95. The molecule has 2 fully saturated rings. The number of rotatable bonds is 4. The summed E-state index contributed by atoms with van der Waals surface area (Å²) in [6.45, 7) is 7.11. The zero-order valence-corrected chi connectivity index (χ0v) is 9.46. The molecule has 0 spiro atoms. The van der Waals surface area contributed by atoms with Gasteiger partial charge in [-0.2, -0.15) is 0 Å². The standard InChI is InChI=1S/C11H21N3O/c1-2-12-11(15)4-6-14-7-9-3-5-13-10(9)8-14/h9-10,13H,2-8H2,1H3,(H,12,15)/t9-,10+/m0/s1. The molecule has 0 unspecified atom stereocenters. The third-order valence-electron chi connectivity index (χ3n) is 3.47. The van der Waals surface area contributed by atoms with Crippen LogP contribution < -0.4 is 10.6 Å². The van der Waals surface area contributed by atoms with Gasteiger partial charge in [-0.25, -0.2) is 0 Å². The molecule has 2 atom stereocenters. The molecule has 4 heteroatoms. The second-order valence-electron chi connectivity index (χ2n) is 4.57. The van der Waals surface area contributed by atoms with E-state index in [-0.39, 0.29) is 5.91 Å². The molecule has 0 bridgehead atoms. The van der Waals surface area contributed by atoms with E-state index in [0.717, 1.165) is 25.6 Å². The molecule has 2 heterocycles. The Morgan fingerprint density at radius 2 is 2.40 bits per heavy atom. The molecule has 2 N–H and O–H groups in total. The number of hydrogen-bond donors (Lipinski definition) is 2. The summed E-state index contributed by atoms with van der Waals surface area (Å²) in [6, 6.07) is 0.694. The summed E-state index contributed by atoms with van der Waals surface area (Å²) in [5.41, 5.74) is 0. The number of nitrogens with zero attached hydrogens (tertiary/aromatic N) is 1. The normalized spacial score (nSPS) is 30.5. The summed E-state index contributed by atoms with van der Waals surface area (Å²) >= 11 is 0. The minimum atomic E-state index is 0.183. The first-order valence-electron chi connectivity index (χ1n) is 6.02. The number of likely N-dealkylation sites (tertiary alicyclic amines) is 1. The Balaban J connectivity index is 1.67. The van der Waals surface area contributed by atoms with Gasteiger partial charge in [-0.05, 0) is 25.8 Å². The predicted molar refractivity (Wildman–Crippen MR) is 59.6 cm³/mol. The monoisotopic (exact) mass is 211 g/mol. The lowest BCUT2D eigenvalue weighted by Crippen LogP contribution is -2.33. The van der Waals surface area contributed by atoms with Gasteiger partial charge in [0.25, 0.3) is 0 Å². The molecule has 2 aliphatic rings. The Morgan fingerprint density at radius 3 is 3.13 bits per heavy atom. The zero-order valence-electron chi connectivity index (χ0n) is 9.46. The van der Waals surface area contributed by atoms with Gasteiger partial charge in [0.1, 0.15) is 0 Å². The molecule has 15 heavy (non-hydrogen) atoms. The van der Waals surface area contributed by atoms with Crippen LogP contribution in [0.25, 0.3) is 0 Å². The fourth-order valence-electron chi connectivity index (χ4n) is 2.67. The van der Waals surface area contributed by atoms with Crippen molar-refractivity contribution in [2.45, 2.75) is 25.8 Å². The third-order valence-corrected chi connectivity index (χ3v) is 3.47. The van der Waals surface area contributed by atoms with Crippen LogP contribution >= 0.6 is 0 Å². The van der Waals surface area contributed by atoms with Crippen molar-refractivity contribution in [1.82, 2.24) is 15.5 Å². The average molecular weight is 211 g/mol. The second-order valence-corrected chi connectivity index (χ2v) is 4.57. The predicted octanol–water partition coefficient (Wildman–Crippen LogP) is -0.194. The van der Waals surface area contributed by atoms with E-state index in [1.807, 2.05) is 6.92 Å². The highest BCUT2D eigenvalue weighted by atomic mass is 16.1. The smallest absolute Gasteiger partial charge is 0.221 e. The van der Waals surface area contributed by atoms with E-state index < -0.39 is 0 Å². The first-order valence-corrected chi connectivity index (χ1v) is 6.02. The molecular formula is C11H21N3O. The molecule has 0 aliphatic carbocycles. The molecule has 0 aromatic rings. The Morgan fingerprint density at radius 1 is 1.53 bits per heavy atom. The number of fused-ring (bicyclic) bond motifs is 1. The van der Waals surface area contributed by atoms with E-state index in [4.69, 9.17) is 0 Å². The largest absolute Gasteiger partial charge is 0.356 e. The summed E-state index contributed by atoms with van der Waals surface area (Å²) in [4.78, 5) is 13.7. The van der Waals surface area contributed by atoms with Gasteiger partial charge in [-0.15, -0.1) is 0 Å². The van der Waals surface area contributed by atoms with Gasteiger partial charge in [0.05, 0.1) is 0 Å². The SMILES string of the molecule is CCNC(=O)CCN1C[C@@H]2CCN[C@@H]2C1. The van der Waals surface area contributed by atoms with Crippen LogP contribution in [0.4, 0.5) is 0 Å². The summed E-state index contributed by atoms with van der Waals surface area (Å²) < 4.78 is 0. The molecule has 0 radical (unpaired) electrons. The number of hydrogen-bond acceptors (Lipinski definition) is 3. The van der Waals surface area contributed by atoms with Crippen molar-refractivity contribution < 1.29 is 4.79 Å². The lowest BCUT2D eigenvalue weighted by Gasteiger charge is -2.16. The second kappa shape index (κ2) is 4.94. The van der Waals surface area contributed by atoms with E-state index in [1.165, 1.54) is 19.5 Å². The van der Waals surface area contributed by atoms with E-state index >= 15 is 0 Å². The molecule has 1 amide bonds. The molecule has 2 saturated heterocycles. The lowest BCUT2D eigenvalue weighted by molar-refractivity contribution is -0.121. The van der Waals surface area contributed by atoms with E-state index in [2.05, 4.69) is 15.5 Å². The van der Waals surface area contributed by atoms with Gasteiger partial charge in [0.2, 0.25) is 5.91 Å². The number of nitrogens with one attached hydrogen (secondary N) is 2. The highest BCUT2D eigenvalue weighted by Crippen LogP contribution is 2.24. The van der Waals surface area contributed by atoms with Crippen molar-refractivity contribution >= 4 is 5.91 Å². The Kier molecular flexibility index (Phi) is 3.59. The summed E-state index contributed by atoms with van der Waals surface area (Å²) in [5, 5.41) is 6.36. The van der Waals surface area contributed by atoms with Crippen LogP contribution in [0.3, 0.4) is 0 Å². The fourth-order valence-corrected chi connectivity index (χ4v) is 2.67. The molecule has 86 valence electrons. The van der Waals surface area contributed by atoms with Gasteiger partial charge < -0.3 is 15.5 Å². The Hall–Kier alpha value is -0.610. The fraction of sp³-hybridized carbons (Fsp3) is 0.909. The molecule has 0 aromatic carbocycles. The van der Waals surface area contributed by atoms with Crippen LogP contribution in [0.15, 0.2) is 0 Å². The van der Waals surface area contributed by atoms with Crippen LogP contribution in [0.5, 0.6) is 0 Å². The van der Waals surface area contributed by atoms with Crippen molar-refractivity contribution in [2.75, 3.05) is 32.7 Å². The van der Waals surface area contributed by atoms with Gasteiger partial charge in [-0.3, -0.25) is 4.79 Å². The quantitative estimate of drug-likeness (QED) is 0.677. The molecule has 0 aromatic heterocycles. The minimum Gasteiger partial charge on any atom is -0.356 e. The van der Waals surface area contributed by atoms with Crippen molar-refractivity contribution in [1.29, 1.82) is 0 Å². The van der Waals surface area contributed by atoms with Crippen LogP contribution in [0.1, 0.15) is 19.8 Å². The highest BCUT2D eigenvalue weighted by Gasteiger charge is 2.35. The van der Waals surface area contributed by atoms with Crippen LogP contribution in [-0.2, 0) is 4.79 Å². The minimum absolute atomic E-state index is 0.183.